The maximum atomic E-state index is 12.8. The molecule has 0 saturated carbocycles. The number of nitrogens with one attached hydrogen (secondary N) is 1. The van der Waals surface area contributed by atoms with E-state index in [2.05, 4.69) is 20.4 Å². The summed E-state index contributed by atoms with van der Waals surface area (Å²) in [6.07, 6.45) is 4.99. The normalized spacial score (nSPS) is 12.4. The van der Waals surface area contributed by atoms with Gasteiger partial charge in [-0.05, 0) is 24.1 Å². The monoisotopic (exact) mass is 441 g/mol. The van der Waals surface area contributed by atoms with Crippen LogP contribution in [0.2, 0.25) is 0 Å². The quantitative estimate of drug-likeness (QED) is 0.543. The first kappa shape index (κ1) is 23.3. The van der Waals surface area contributed by atoms with Gasteiger partial charge < -0.3 is 23.9 Å². The van der Waals surface area contributed by atoms with Crippen LogP contribution >= 0.6 is 0 Å². The van der Waals surface area contributed by atoms with Crippen molar-refractivity contribution in [2.24, 2.45) is 7.05 Å². The molecule has 9 nitrogen and oxygen atoms in total. The molecule has 3 aromatic rings. The second-order valence-corrected chi connectivity index (χ2v) is 8.66. The molecule has 1 amide bonds. The Hall–Kier alpha value is -3.36. The number of hydrogen-bond acceptors (Lipinski definition) is 7. The van der Waals surface area contributed by atoms with Gasteiger partial charge in [0.25, 0.3) is 0 Å². The average Bonchev–Trinajstić information content (AvgIpc) is 3.40. The Bertz CT molecular complexity index is 1030. The van der Waals surface area contributed by atoms with Gasteiger partial charge in [-0.15, -0.1) is 0 Å². The molecule has 9 heteroatoms. The molecular formula is C23H31N5O4. The van der Waals surface area contributed by atoms with E-state index in [0.29, 0.717) is 48.3 Å². The van der Waals surface area contributed by atoms with Crippen molar-refractivity contribution < 1.29 is 18.8 Å². The molecule has 0 bridgehead atoms. The van der Waals surface area contributed by atoms with Crippen LogP contribution in [0.25, 0.3) is 0 Å². The lowest BCUT2D eigenvalue weighted by Gasteiger charge is -2.20. The summed E-state index contributed by atoms with van der Waals surface area (Å²) in [5.74, 6) is 3.09. The molecule has 0 aliphatic rings. The lowest BCUT2D eigenvalue weighted by Crippen LogP contribution is -2.31. The third-order valence-electron chi connectivity index (χ3n) is 5.06. The maximum absolute atomic E-state index is 12.8. The van der Waals surface area contributed by atoms with Gasteiger partial charge in [-0.2, -0.15) is 4.98 Å². The van der Waals surface area contributed by atoms with E-state index < -0.39 is 6.04 Å². The molecule has 32 heavy (non-hydrogen) atoms. The lowest BCUT2D eigenvalue weighted by atomic mass is 9.96. The van der Waals surface area contributed by atoms with Gasteiger partial charge in [-0.25, -0.2) is 4.98 Å². The second kappa shape index (κ2) is 9.84. The van der Waals surface area contributed by atoms with Gasteiger partial charge in [-0.1, -0.05) is 25.9 Å². The van der Waals surface area contributed by atoms with Crippen molar-refractivity contribution in [3.8, 4) is 11.5 Å². The minimum Gasteiger partial charge on any atom is -0.497 e. The molecule has 1 unspecified atom stereocenters. The highest BCUT2D eigenvalue weighted by molar-refractivity contribution is 5.76. The van der Waals surface area contributed by atoms with E-state index in [1.807, 2.05) is 50.7 Å². The first-order valence-electron chi connectivity index (χ1n) is 10.5. The number of benzene rings is 1. The van der Waals surface area contributed by atoms with Crippen LogP contribution in [0, 0.1) is 0 Å². The molecule has 3 rings (SSSR count). The van der Waals surface area contributed by atoms with Crippen molar-refractivity contribution in [2.45, 2.75) is 51.5 Å². The Morgan fingerprint density at radius 1 is 1.19 bits per heavy atom. The van der Waals surface area contributed by atoms with Gasteiger partial charge in [0.15, 0.2) is 5.82 Å². The number of aromatic nitrogens is 4. The number of methoxy groups -OCH3 is 2. The van der Waals surface area contributed by atoms with Crippen molar-refractivity contribution >= 4 is 5.91 Å². The summed E-state index contributed by atoms with van der Waals surface area (Å²) in [7, 11) is 5.08. The summed E-state index contributed by atoms with van der Waals surface area (Å²) in [5.41, 5.74) is 0.641. The average molecular weight is 442 g/mol. The lowest BCUT2D eigenvalue weighted by molar-refractivity contribution is -0.121. The highest BCUT2D eigenvalue weighted by Gasteiger charge is 2.23. The Morgan fingerprint density at radius 2 is 1.88 bits per heavy atom. The molecule has 0 aliphatic heterocycles. The summed E-state index contributed by atoms with van der Waals surface area (Å²) in [6, 6.07) is 5.07. The van der Waals surface area contributed by atoms with Crippen LogP contribution in [-0.2, 0) is 23.7 Å². The molecule has 172 valence electrons. The van der Waals surface area contributed by atoms with E-state index in [4.69, 9.17) is 14.0 Å². The highest BCUT2D eigenvalue weighted by atomic mass is 16.5. The standard InChI is InChI=1S/C23H31N5O4/c1-23(2,3)22-26-19(32-27-22)9-7-8-18(29)25-20(21-24-10-11-28(21)4)15-12-16(30-5)14-17(13-15)31-6/h10-14,20H,7-9H2,1-6H3,(H,25,29). The largest absolute Gasteiger partial charge is 0.497 e. The van der Waals surface area contributed by atoms with Gasteiger partial charge in [0.05, 0.1) is 14.2 Å². The summed E-state index contributed by atoms with van der Waals surface area (Å²) in [5, 5.41) is 7.12. The third kappa shape index (κ3) is 5.66. The number of carbonyl (C=O) groups is 1. The third-order valence-corrected chi connectivity index (χ3v) is 5.06. The number of ether oxygens (including phenoxy) is 2. The van der Waals surface area contributed by atoms with Crippen LogP contribution in [0.3, 0.4) is 0 Å². The summed E-state index contributed by atoms with van der Waals surface area (Å²) in [4.78, 5) is 21.7. The highest BCUT2D eigenvalue weighted by Crippen LogP contribution is 2.29. The molecule has 0 spiro atoms. The molecule has 0 radical (unpaired) electrons. The number of carbonyl (C=O) groups excluding carboxylic acids is 1. The van der Waals surface area contributed by atoms with E-state index in [-0.39, 0.29) is 11.3 Å². The predicted octanol–water partition coefficient (Wildman–Crippen LogP) is 3.35. The first-order chi connectivity index (χ1) is 15.2. The van der Waals surface area contributed by atoms with Crippen molar-refractivity contribution in [1.29, 1.82) is 0 Å². The van der Waals surface area contributed by atoms with Crippen LogP contribution in [0.5, 0.6) is 11.5 Å². The smallest absolute Gasteiger partial charge is 0.226 e. The number of hydrogen-bond donors (Lipinski definition) is 1. The van der Waals surface area contributed by atoms with Gasteiger partial charge in [0, 0.05) is 43.8 Å². The molecule has 1 N–H and O–H groups in total. The second-order valence-electron chi connectivity index (χ2n) is 8.66. The molecule has 0 fully saturated rings. The number of amides is 1. The number of rotatable bonds is 9. The zero-order chi connectivity index (χ0) is 23.3. The van der Waals surface area contributed by atoms with Gasteiger partial charge in [0.1, 0.15) is 23.4 Å². The van der Waals surface area contributed by atoms with Crippen LogP contribution in [0.1, 0.15) is 62.8 Å². The minimum absolute atomic E-state index is 0.102. The van der Waals surface area contributed by atoms with Crippen molar-refractivity contribution in [3.63, 3.8) is 0 Å². The fourth-order valence-corrected chi connectivity index (χ4v) is 3.24. The minimum atomic E-state index is -0.456. The molecule has 1 aromatic carbocycles. The summed E-state index contributed by atoms with van der Waals surface area (Å²) >= 11 is 0. The van der Waals surface area contributed by atoms with Gasteiger partial charge in [0.2, 0.25) is 11.8 Å². The Balaban J connectivity index is 1.71. The first-order valence-corrected chi connectivity index (χ1v) is 10.5. The maximum Gasteiger partial charge on any atom is 0.226 e. The molecule has 2 heterocycles. The summed E-state index contributed by atoms with van der Waals surface area (Å²) in [6.45, 7) is 6.08. The van der Waals surface area contributed by atoms with Gasteiger partial charge >= 0.3 is 0 Å². The topological polar surface area (TPSA) is 104 Å². The zero-order valence-corrected chi connectivity index (χ0v) is 19.5. The Morgan fingerprint density at radius 3 is 2.41 bits per heavy atom. The number of imidazole rings is 1. The molecule has 1 atom stereocenters. The van der Waals surface area contributed by atoms with Crippen LogP contribution < -0.4 is 14.8 Å². The fourth-order valence-electron chi connectivity index (χ4n) is 3.24. The molecule has 2 aromatic heterocycles. The van der Waals surface area contributed by atoms with E-state index in [9.17, 15) is 4.79 Å². The van der Waals surface area contributed by atoms with Crippen LogP contribution in [-0.4, -0.2) is 39.8 Å². The van der Waals surface area contributed by atoms with Crippen molar-refractivity contribution in [2.75, 3.05) is 14.2 Å². The molecule has 0 aliphatic carbocycles. The predicted molar refractivity (Wildman–Crippen MR) is 119 cm³/mol. The summed E-state index contributed by atoms with van der Waals surface area (Å²) < 4.78 is 18.0. The van der Waals surface area contributed by atoms with Crippen LogP contribution in [0.4, 0.5) is 0 Å². The van der Waals surface area contributed by atoms with Crippen LogP contribution in [0.15, 0.2) is 35.1 Å². The Labute approximate surface area is 188 Å². The fraction of sp³-hybridized carbons (Fsp3) is 0.478. The number of nitrogens with zero attached hydrogens (tertiary/aromatic N) is 4. The SMILES string of the molecule is COc1cc(OC)cc(C(NC(=O)CCCc2nc(C(C)(C)C)no2)c2nccn2C)c1. The van der Waals surface area contributed by atoms with E-state index in [1.165, 1.54) is 0 Å². The van der Waals surface area contributed by atoms with Crippen molar-refractivity contribution in [1.82, 2.24) is 25.0 Å². The zero-order valence-electron chi connectivity index (χ0n) is 19.5. The number of aryl methyl sites for hydroxylation is 2. The van der Waals surface area contributed by atoms with E-state index >= 15 is 0 Å². The van der Waals surface area contributed by atoms with Gasteiger partial charge in [-0.3, -0.25) is 4.79 Å². The van der Waals surface area contributed by atoms with E-state index in [1.54, 1.807) is 26.5 Å². The van der Waals surface area contributed by atoms with Crippen molar-refractivity contribution in [3.05, 3.63) is 53.7 Å². The Kier molecular flexibility index (Phi) is 7.17. The molecular weight excluding hydrogens is 410 g/mol. The van der Waals surface area contributed by atoms with E-state index in [0.717, 1.165) is 5.56 Å². The molecule has 0 saturated heterocycles.